The number of benzene rings is 1. The van der Waals surface area contributed by atoms with Crippen LogP contribution in [0, 0.1) is 0 Å². The van der Waals surface area contributed by atoms with Gasteiger partial charge in [-0.25, -0.2) is 4.98 Å². The van der Waals surface area contributed by atoms with Crippen LogP contribution in [-0.2, 0) is 6.42 Å². The van der Waals surface area contributed by atoms with E-state index < -0.39 is 0 Å². The zero-order valence-corrected chi connectivity index (χ0v) is 9.76. The van der Waals surface area contributed by atoms with Gasteiger partial charge in [0.2, 0.25) is 0 Å². The number of nitrogens with one attached hydrogen (secondary N) is 1. The van der Waals surface area contributed by atoms with E-state index in [1.807, 2.05) is 18.2 Å². The molecule has 2 rings (SSSR count). The minimum Gasteiger partial charge on any atom is -0.397 e. The Bertz CT molecular complexity index is 437. The molecule has 88 valence electrons. The molecule has 1 aromatic heterocycles. The second-order valence-electron chi connectivity index (χ2n) is 3.99. The molecule has 3 nitrogen and oxygen atoms in total. The number of hydrogen-bond donors (Lipinski definition) is 2. The average molecular weight is 227 g/mol. The minimum atomic E-state index is 0.694. The molecule has 3 N–H and O–H groups in total. The Kier molecular flexibility index (Phi) is 3.97. The van der Waals surface area contributed by atoms with E-state index in [1.165, 1.54) is 5.56 Å². The molecule has 0 aliphatic heterocycles. The first-order chi connectivity index (χ1) is 8.34. The molecule has 0 fully saturated rings. The highest BCUT2D eigenvalue weighted by Gasteiger charge is 1.94. The summed E-state index contributed by atoms with van der Waals surface area (Å²) in [5, 5.41) is 3.28. The molecule has 0 aliphatic carbocycles. The van der Waals surface area contributed by atoms with Gasteiger partial charge in [0.25, 0.3) is 0 Å². The Morgan fingerprint density at radius 2 is 1.88 bits per heavy atom. The SMILES string of the molecule is Nc1ccc(NCCCc2ccccc2)nc1. The van der Waals surface area contributed by atoms with Gasteiger partial charge in [-0.2, -0.15) is 0 Å². The summed E-state index contributed by atoms with van der Waals surface area (Å²) >= 11 is 0. The molecule has 0 amide bonds. The number of aromatic nitrogens is 1. The number of pyridine rings is 1. The predicted octanol–water partition coefficient (Wildman–Crippen LogP) is 2.71. The molecule has 1 heterocycles. The van der Waals surface area contributed by atoms with Gasteiger partial charge in [0.1, 0.15) is 5.82 Å². The van der Waals surface area contributed by atoms with Crippen molar-refractivity contribution < 1.29 is 0 Å². The van der Waals surface area contributed by atoms with Crippen LogP contribution < -0.4 is 11.1 Å². The maximum absolute atomic E-state index is 5.57. The van der Waals surface area contributed by atoms with Crippen molar-refractivity contribution in [3.05, 3.63) is 54.2 Å². The maximum Gasteiger partial charge on any atom is 0.126 e. The molecule has 17 heavy (non-hydrogen) atoms. The third kappa shape index (κ3) is 3.79. The highest BCUT2D eigenvalue weighted by Crippen LogP contribution is 2.07. The van der Waals surface area contributed by atoms with E-state index in [9.17, 15) is 0 Å². The lowest BCUT2D eigenvalue weighted by Crippen LogP contribution is -2.04. The summed E-state index contributed by atoms with van der Waals surface area (Å²) in [5.74, 6) is 0.882. The molecule has 0 radical (unpaired) electrons. The number of rotatable bonds is 5. The van der Waals surface area contributed by atoms with Gasteiger partial charge in [-0.3, -0.25) is 0 Å². The molecule has 0 bridgehead atoms. The fraction of sp³-hybridized carbons (Fsp3) is 0.214. The number of aryl methyl sites for hydroxylation is 1. The molecule has 0 atom stereocenters. The third-order valence-electron chi connectivity index (χ3n) is 2.58. The minimum absolute atomic E-state index is 0.694. The summed E-state index contributed by atoms with van der Waals surface area (Å²) in [5.41, 5.74) is 7.64. The van der Waals surface area contributed by atoms with Crippen molar-refractivity contribution in [2.75, 3.05) is 17.6 Å². The molecule has 1 aromatic carbocycles. The van der Waals surface area contributed by atoms with Crippen molar-refractivity contribution in [3.8, 4) is 0 Å². The average Bonchev–Trinajstić information content (AvgIpc) is 2.38. The van der Waals surface area contributed by atoms with Crippen LogP contribution in [0.5, 0.6) is 0 Å². The van der Waals surface area contributed by atoms with E-state index in [0.29, 0.717) is 5.69 Å². The topological polar surface area (TPSA) is 50.9 Å². The zero-order chi connectivity index (χ0) is 11.9. The fourth-order valence-electron chi connectivity index (χ4n) is 1.66. The van der Waals surface area contributed by atoms with Crippen molar-refractivity contribution >= 4 is 11.5 Å². The lowest BCUT2D eigenvalue weighted by molar-refractivity contribution is 0.859. The summed E-state index contributed by atoms with van der Waals surface area (Å²) in [6.45, 7) is 0.922. The predicted molar refractivity (Wildman–Crippen MR) is 71.9 cm³/mol. The molecular weight excluding hydrogens is 210 g/mol. The molecule has 0 aliphatic rings. The second-order valence-corrected chi connectivity index (χ2v) is 3.99. The number of hydrogen-bond acceptors (Lipinski definition) is 3. The van der Waals surface area contributed by atoms with Crippen molar-refractivity contribution in [2.24, 2.45) is 0 Å². The lowest BCUT2D eigenvalue weighted by atomic mass is 10.1. The Balaban J connectivity index is 1.71. The normalized spacial score (nSPS) is 10.1. The van der Waals surface area contributed by atoms with E-state index in [1.54, 1.807) is 6.20 Å². The van der Waals surface area contributed by atoms with Crippen LogP contribution in [0.1, 0.15) is 12.0 Å². The second kappa shape index (κ2) is 5.89. The molecule has 3 heteroatoms. The summed E-state index contributed by atoms with van der Waals surface area (Å²) in [7, 11) is 0. The van der Waals surface area contributed by atoms with Crippen LogP contribution in [0.25, 0.3) is 0 Å². The van der Waals surface area contributed by atoms with Crippen molar-refractivity contribution in [3.63, 3.8) is 0 Å². The highest BCUT2D eigenvalue weighted by atomic mass is 15.0. The molecular formula is C14H17N3. The van der Waals surface area contributed by atoms with E-state index in [-0.39, 0.29) is 0 Å². The van der Waals surface area contributed by atoms with Gasteiger partial charge in [0.15, 0.2) is 0 Å². The summed E-state index contributed by atoms with van der Waals surface area (Å²) < 4.78 is 0. The van der Waals surface area contributed by atoms with E-state index in [2.05, 4.69) is 34.6 Å². The quantitative estimate of drug-likeness (QED) is 0.772. The third-order valence-corrected chi connectivity index (χ3v) is 2.58. The van der Waals surface area contributed by atoms with Crippen LogP contribution in [0.2, 0.25) is 0 Å². The first-order valence-corrected chi connectivity index (χ1v) is 5.84. The summed E-state index contributed by atoms with van der Waals surface area (Å²) in [4.78, 5) is 4.19. The van der Waals surface area contributed by atoms with Gasteiger partial charge in [-0.1, -0.05) is 30.3 Å². The molecule has 2 aromatic rings. The maximum atomic E-state index is 5.57. The highest BCUT2D eigenvalue weighted by molar-refractivity contribution is 5.43. The van der Waals surface area contributed by atoms with Crippen molar-refractivity contribution in [1.82, 2.24) is 4.98 Å². The van der Waals surface area contributed by atoms with Crippen LogP contribution in [0.3, 0.4) is 0 Å². The number of nitrogens with two attached hydrogens (primary N) is 1. The number of nitrogen functional groups attached to an aromatic ring is 1. The van der Waals surface area contributed by atoms with Gasteiger partial charge in [-0.15, -0.1) is 0 Å². The van der Waals surface area contributed by atoms with Gasteiger partial charge in [-0.05, 0) is 30.5 Å². The number of nitrogens with zero attached hydrogens (tertiary/aromatic N) is 1. The van der Waals surface area contributed by atoms with Crippen molar-refractivity contribution in [2.45, 2.75) is 12.8 Å². The first kappa shape index (κ1) is 11.5. The van der Waals surface area contributed by atoms with Gasteiger partial charge < -0.3 is 11.1 Å². The van der Waals surface area contributed by atoms with Crippen LogP contribution >= 0.6 is 0 Å². The fourth-order valence-corrected chi connectivity index (χ4v) is 1.66. The Hall–Kier alpha value is -2.03. The van der Waals surface area contributed by atoms with Crippen LogP contribution in [-0.4, -0.2) is 11.5 Å². The van der Waals surface area contributed by atoms with Crippen LogP contribution in [0.15, 0.2) is 48.7 Å². The van der Waals surface area contributed by atoms with E-state index in [0.717, 1.165) is 25.2 Å². The monoisotopic (exact) mass is 227 g/mol. The summed E-state index contributed by atoms with van der Waals surface area (Å²) in [6, 6.07) is 14.3. The van der Waals surface area contributed by atoms with Gasteiger partial charge in [0, 0.05) is 6.54 Å². The van der Waals surface area contributed by atoms with Crippen LogP contribution in [0.4, 0.5) is 11.5 Å². The molecule has 0 saturated carbocycles. The standard InChI is InChI=1S/C14H17N3/c15-13-8-9-14(17-11-13)16-10-4-7-12-5-2-1-3-6-12/h1-3,5-6,8-9,11H,4,7,10,15H2,(H,16,17). The summed E-state index contributed by atoms with van der Waals surface area (Å²) in [6.07, 6.45) is 3.85. The largest absolute Gasteiger partial charge is 0.397 e. The van der Waals surface area contributed by atoms with E-state index in [4.69, 9.17) is 5.73 Å². The first-order valence-electron chi connectivity index (χ1n) is 5.84. The Morgan fingerprint density at radius 3 is 2.59 bits per heavy atom. The Morgan fingerprint density at radius 1 is 1.06 bits per heavy atom. The molecule has 0 saturated heterocycles. The van der Waals surface area contributed by atoms with Crippen molar-refractivity contribution in [1.29, 1.82) is 0 Å². The Labute approximate surface area is 102 Å². The number of anilines is 2. The lowest BCUT2D eigenvalue weighted by Gasteiger charge is -2.05. The smallest absolute Gasteiger partial charge is 0.126 e. The van der Waals surface area contributed by atoms with E-state index >= 15 is 0 Å². The van der Waals surface area contributed by atoms with Gasteiger partial charge in [0.05, 0.1) is 11.9 Å². The molecule has 0 spiro atoms. The zero-order valence-electron chi connectivity index (χ0n) is 9.76. The van der Waals surface area contributed by atoms with Gasteiger partial charge >= 0.3 is 0 Å². The molecule has 0 unspecified atom stereocenters.